The van der Waals surface area contributed by atoms with Gasteiger partial charge in [0, 0.05) is 34.7 Å². The highest BCUT2D eigenvalue weighted by Gasteiger charge is 2.20. The fourth-order valence-corrected chi connectivity index (χ4v) is 3.39. The number of amides is 1. The molecule has 2 N–H and O–H groups in total. The van der Waals surface area contributed by atoms with Gasteiger partial charge >= 0.3 is 0 Å². The lowest BCUT2D eigenvalue weighted by molar-refractivity contribution is 0.0302. The Morgan fingerprint density at radius 2 is 2.04 bits per heavy atom. The molecule has 2 aromatic heterocycles. The van der Waals surface area contributed by atoms with E-state index in [-0.39, 0.29) is 11.8 Å². The molecule has 1 amide bonds. The number of aromatic hydroxyl groups is 1. The maximum Gasteiger partial charge on any atom is 0.255 e. The third-order valence-corrected chi connectivity index (χ3v) is 4.80. The van der Waals surface area contributed by atoms with Crippen LogP contribution in [0.5, 0.6) is 5.88 Å². The molecule has 1 fully saturated rings. The average molecular weight is 402 g/mol. The number of nitrogens with one attached hydrogen (secondary N) is 1. The molecule has 7 heteroatoms. The molecule has 3 aromatic rings. The van der Waals surface area contributed by atoms with Gasteiger partial charge in [-0.1, -0.05) is 15.9 Å². The number of hydrogen-bond acceptors (Lipinski definition) is 4. The van der Waals surface area contributed by atoms with Gasteiger partial charge in [0.05, 0.1) is 30.0 Å². The summed E-state index contributed by atoms with van der Waals surface area (Å²) in [5.74, 6) is 0.0149. The molecule has 0 bridgehead atoms. The van der Waals surface area contributed by atoms with E-state index < -0.39 is 0 Å². The summed E-state index contributed by atoms with van der Waals surface area (Å²) in [6, 6.07) is 9.22. The quantitative estimate of drug-likeness (QED) is 0.690. The Morgan fingerprint density at radius 3 is 2.76 bits per heavy atom. The minimum atomic E-state index is -0.0479. The fraction of sp³-hybridized carbons (Fsp3) is 0.222. The second-order valence-electron chi connectivity index (χ2n) is 5.88. The first kappa shape index (κ1) is 16.1. The van der Waals surface area contributed by atoms with Crippen LogP contribution < -0.4 is 0 Å². The molecule has 0 spiro atoms. The highest BCUT2D eigenvalue weighted by molar-refractivity contribution is 9.10. The van der Waals surface area contributed by atoms with Crippen LogP contribution in [0.3, 0.4) is 0 Å². The standard InChI is InChI=1S/C18H16BrN3O3/c19-12-2-4-14-13(9-12)16(17(23)21-14)15-3-1-11(10-20-15)18(24)22-5-7-25-8-6-22/h1-4,9-10,21,23H,5-8H2. The van der Waals surface area contributed by atoms with Crippen LogP contribution in [0, 0.1) is 0 Å². The second-order valence-corrected chi connectivity index (χ2v) is 6.79. The number of benzene rings is 1. The van der Waals surface area contributed by atoms with Crippen molar-refractivity contribution in [3.05, 3.63) is 46.6 Å². The van der Waals surface area contributed by atoms with E-state index in [0.29, 0.717) is 43.1 Å². The van der Waals surface area contributed by atoms with Crippen molar-refractivity contribution in [1.82, 2.24) is 14.9 Å². The van der Waals surface area contributed by atoms with Gasteiger partial charge in [0.1, 0.15) is 0 Å². The minimum Gasteiger partial charge on any atom is -0.494 e. The first-order chi connectivity index (χ1) is 12.1. The largest absolute Gasteiger partial charge is 0.494 e. The van der Waals surface area contributed by atoms with E-state index in [2.05, 4.69) is 25.9 Å². The van der Waals surface area contributed by atoms with Gasteiger partial charge in [-0.2, -0.15) is 0 Å². The van der Waals surface area contributed by atoms with Crippen molar-refractivity contribution < 1.29 is 14.6 Å². The molecule has 6 nitrogen and oxygen atoms in total. The van der Waals surface area contributed by atoms with Crippen LogP contribution in [0.25, 0.3) is 22.2 Å². The summed E-state index contributed by atoms with van der Waals surface area (Å²) >= 11 is 3.45. The number of pyridine rings is 1. The molecular formula is C18H16BrN3O3. The van der Waals surface area contributed by atoms with Crippen LogP contribution in [0.2, 0.25) is 0 Å². The van der Waals surface area contributed by atoms with Crippen molar-refractivity contribution in [3.8, 4) is 17.1 Å². The number of H-pyrrole nitrogens is 1. The number of fused-ring (bicyclic) bond motifs is 1. The predicted octanol–water partition coefficient (Wildman–Crippen LogP) is 3.17. The molecule has 1 saturated heterocycles. The van der Waals surface area contributed by atoms with Crippen molar-refractivity contribution in [2.75, 3.05) is 26.3 Å². The molecule has 0 aliphatic carbocycles. The van der Waals surface area contributed by atoms with Crippen LogP contribution in [0.15, 0.2) is 41.0 Å². The van der Waals surface area contributed by atoms with Crippen LogP contribution in [-0.4, -0.2) is 52.2 Å². The lowest BCUT2D eigenvalue weighted by Gasteiger charge is -2.26. The summed E-state index contributed by atoms with van der Waals surface area (Å²) < 4.78 is 6.19. The number of aromatic amines is 1. The summed E-state index contributed by atoms with van der Waals surface area (Å²) in [5, 5.41) is 11.1. The summed E-state index contributed by atoms with van der Waals surface area (Å²) in [6.45, 7) is 2.32. The van der Waals surface area contributed by atoms with Crippen molar-refractivity contribution in [3.63, 3.8) is 0 Å². The number of hydrogen-bond donors (Lipinski definition) is 2. The number of carbonyl (C=O) groups excluding carboxylic acids is 1. The fourth-order valence-electron chi connectivity index (χ4n) is 3.03. The van der Waals surface area contributed by atoms with E-state index >= 15 is 0 Å². The SMILES string of the molecule is O=C(c1ccc(-c2c(O)[nH]c3ccc(Br)cc23)nc1)N1CCOCC1. The third-order valence-electron chi connectivity index (χ3n) is 4.31. The van der Waals surface area contributed by atoms with E-state index in [1.807, 2.05) is 18.2 Å². The molecule has 25 heavy (non-hydrogen) atoms. The molecule has 1 aliphatic heterocycles. The Bertz CT molecular complexity index is 931. The normalized spacial score (nSPS) is 14.8. The van der Waals surface area contributed by atoms with E-state index in [0.717, 1.165) is 15.4 Å². The molecule has 1 aromatic carbocycles. The molecule has 0 atom stereocenters. The van der Waals surface area contributed by atoms with Crippen molar-refractivity contribution in [2.24, 2.45) is 0 Å². The molecule has 0 radical (unpaired) electrons. The molecule has 3 heterocycles. The summed E-state index contributed by atoms with van der Waals surface area (Å²) in [7, 11) is 0. The maximum atomic E-state index is 12.5. The van der Waals surface area contributed by atoms with Gasteiger partial charge in [-0.25, -0.2) is 0 Å². The highest BCUT2D eigenvalue weighted by Crippen LogP contribution is 2.36. The molecule has 0 saturated carbocycles. The topological polar surface area (TPSA) is 78.4 Å². The summed E-state index contributed by atoms with van der Waals surface area (Å²) in [5.41, 5.74) is 2.60. The zero-order valence-corrected chi connectivity index (χ0v) is 14.9. The van der Waals surface area contributed by atoms with Crippen LogP contribution in [0.1, 0.15) is 10.4 Å². The molecule has 1 aliphatic rings. The number of ether oxygens (including phenoxy) is 1. The lowest BCUT2D eigenvalue weighted by atomic mass is 10.1. The highest BCUT2D eigenvalue weighted by atomic mass is 79.9. The van der Waals surface area contributed by atoms with Gasteiger partial charge < -0.3 is 19.7 Å². The summed E-state index contributed by atoms with van der Waals surface area (Å²) in [4.78, 5) is 21.6. The van der Waals surface area contributed by atoms with Gasteiger partial charge in [-0.3, -0.25) is 9.78 Å². The van der Waals surface area contributed by atoms with E-state index in [1.165, 1.54) is 0 Å². The van der Waals surface area contributed by atoms with Gasteiger partial charge in [0.15, 0.2) is 5.88 Å². The Kier molecular flexibility index (Phi) is 4.19. The smallest absolute Gasteiger partial charge is 0.255 e. The zero-order chi connectivity index (χ0) is 17.4. The molecule has 0 unspecified atom stereocenters. The first-order valence-corrected chi connectivity index (χ1v) is 8.76. The number of aromatic nitrogens is 2. The van der Waals surface area contributed by atoms with Gasteiger partial charge in [-0.15, -0.1) is 0 Å². The van der Waals surface area contributed by atoms with Gasteiger partial charge in [0.2, 0.25) is 0 Å². The predicted molar refractivity (Wildman–Crippen MR) is 97.6 cm³/mol. The lowest BCUT2D eigenvalue weighted by Crippen LogP contribution is -2.40. The number of halogens is 1. The van der Waals surface area contributed by atoms with E-state index in [4.69, 9.17) is 4.74 Å². The van der Waals surface area contributed by atoms with Crippen molar-refractivity contribution >= 4 is 32.7 Å². The maximum absolute atomic E-state index is 12.5. The molecule has 128 valence electrons. The Morgan fingerprint density at radius 1 is 1.24 bits per heavy atom. The number of rotatable bonds is 2. The average Bonchev–Trinajstić information content (AvgIpc) is 2.97. The third kappa shape index (κ3) is 3.01. The Labute approximate surface area is 152 Å². The Hall–Kier alpha value is -2.38. The molecular weight excluding hydrogens is 386 g/mol. The van der Waals surface area contributed by atoms with Crippen molar-refractivity contribution in [1.29, 1.82) is 0 Å². The van der Waals surface area contributed by atoms with Gasteiger partial charge in [-0.05, 0) is 30.3 Å². The van der Waals surface area contributed by atoms with E-state index in [1.54, 1.807) is 23.2 Å². The monoisotopic (exact) mass is 401 g/mol. The van der Waals surface area contributed by atoms with Crippen LogP contribution in [0.4, 0.5) is 0 Å². The second kappa shape index (κ2) is 6.50. The number of nitrogens with zero attached hydrogens (tertiary/aromatic N) is 2. The first-order valence-electron chi connectivity index (χ1n) is 7.97. The number of carbonyl (C=O) groups is 1. The van der Waals surface area contributed by atoms with Crippen LogP contribution >= 0.6 is 15.9 Å². The van der Waals surface area contributed by atoms with E-state index in [9.17, 15) is 9.90 Å². The minimum absolute atomic E-state index is 0.0479. The van der Waals surface area contributed by atoms with Gasteiger partial charge in [0.25, 0.3) is 5.91 Å². The Balaban J connectivity index is 1.67. The zero-order valence-electron chi connectivity index (χ0n) is 13.3. The van der Waals surface area contributed by atoms with Crippen molar-refractivity contribution in [2.45, 2.75) is 0 Å². The van der Waals surface area contributed by atoms with Crippen LogP contribution in [-0.2, 0) is 4.74 Å². The number of morpholine rings is 1. The summed E-state index contributed by atoms with van der Waals surface area (Å²) in [6.07, 6.45) is 1.56. The molecule has 4 rings (SSSR count).